The molecule has 0 radical (unpaired) electrons. The standard InChI is InChI=1S/C14H14BrN3O4/c1-2-17-18-7-8-5-9(15)3-4-10(8)13(21)12(18)14(22)16-6-11(19)20/h2-5,21H,6-7H2,1H3,(H,16,22)(H,19,20)/b17-2-. The number of hydrazone groups is 1. The van der Waals surface area contributed by atoms with Gasteiger partial charge in [0, 0.05) is 16.3 Å². The third-order valence-corrected chi connectivity index (χ3v) is 3.49. The summed E-state index contributed by atoms with van der Waals surface area (Å²) in [5.41, 5.74) is 1.24. The van der Waals surface area contributed by atoms with Gasteiger partial charge in [0.1, 0.15) is 6.54 Å². The van der Waals surface area contributed by atoms with Crippen LogP contribution < -0.4 is 5.32 Å². The fourth-order valence-corrected chi connectivity index (χ4v) is 2.53. The molecule has 0 unspecified atom stereocenters. The number of aliphatic hydroxyl groups is 1. The van der Waals surface area contributed by atoms with E-state index in [2.05, 4.69) is 26.3 Å². The summed E-state index contributed by atoms with van der Waals surface area (Å²) >= 11 is 3.35. The Hall–Kier alpha value is -2.35. The van der Waals surface area contributed by atoms with Crippen molar-refractivity contribution in [2.45, 2.75) is 13.5 Å². The van der Waals surface area contributed by atoms with Crippen LogP contribution in [0.2, 0.25) is 0 Å². The van der Waals surface area contributed by atoms with Crippen molar-refractivity contribution in [3.8, 4) is 0 Å². The smallest absolute Gasteiger partial charge is 0.322 e. The van der Waals surface area contributed by atoms with Gasteiger partial charge in [0.25, 0.3) is 5.91 Å². The minimum atomic E-state index is -1.17. The van der Waals surface area contributed by atoms with E-state index < -0.39 is 18.4 Å². The van der Waals surface area contributed by atoms with Crippen molar-refractivity contribution in [1.29, 1.82) is 0 Å². The SMILES string of the molecule is C/C=N\N1Cc2cc(Br)ccc2C(O)=C1C(=O)NCC(=O)O. The van der Waals surface area contributed by atoms with Crippen molar-refractivity contribution >= 4 is 39.8 Å². The topological polar surface area (TPSA) is 102 Å². The van der Waals surface area contributed by atoms with Crippen LogP contribution >= 0.6 is 15.9 Å². The van der Waals surface area contributed by atoms with Crippen LogP contribution in [-0.4, -0.2) is 39.9 Å². The number of carboxylic acids is 1. The molecule has 8 heteroatoms. The first-order chi connectivity index (χ1) is 10.4. The molecule has 1 amide bonds. The van der Waals surface area contributed by atoms with Gasteiger partial charge in [0.2, 0.25) is 0 Å². The zero-order chi connectivity index (χ0) is 16.3. The molecule has 7 nitrogen and oxygen atoms in total. The number of aliphatic carboxylic acids is 1. The molecule has 0 bridgehead atoms. The highest BCUT2D eigenvalue weighted by atomic mass is 79.9. The van der Waals surface area contributed by atoms with E-state index in [0.717, 1.165) is 10.0 Å². The normalized spacial score (nSPS) is 14.2. The Morgan fingerprint density at radius 2 is 2.23 bits per heavy atom. The lowest BCUT2D eigenvalue weighted by atomic mass is 10.0. The number of benzene rings is 1. The number of nitrogens with one attached hydrogen (secondary N) is 1. The summed E-state index contributed by atoms with van der Waals surface area (Å²) < 4.78 is 0.846. The largest absolute Gasteiger partial charge is 0.505 e. The van der Waals surface area contributed by atoms with Crippen LogP contribution in [0.3, 0.4) is 0 Å². The molecule has 1 aromatic carbocycles. The quantitative estimate of drug-likeness (QED) is 0.702. The second-order valence-electron chi connectivity index (χ2n) is 4.51. The predicted molar refractivity (Wildman–Crippen MR) is 84.0 cm³/mol. The summed E-state index contributed by atoms with van der Waals surface area (Å²) in [7, 11) is 0. The summed E-state index contributed by atoms with van der Waals surface area (Å²) in [6.45, 7) is 1.44. The van der Waals surface area contributed by atoms with Gasteiger partial charge in [0.15, 0.2) is 11.5 Å². The Morgan fingerprint density at radius 1 is 1.50 bits per heavy atom. The van der Waals surface area contributed by atoms with Crippen molar-refractivity contribution in [2.24, 2.45) is 5.10 Å². The minimum Gasteiger partial charge on any atom is -0.505 e. The first kappa shape index (κ1) is 16.0. The van der Waals surface area contributed by atoms with Gasteiger partial charge in [-0.15, -0.1) is 0 Å². The van der Waals surface area contributed by atoms with E-state index in [1.165, 1.54) is 11.2 Å². The number of hydrogen-bond acceptors (Lipinski definition) is 5. The van der Waals surface area contributed by atoms with Crippen LogP contribution in [0.25, 0.3) is 5.76 Å². The second kappa shape index (κ2) is 6.61. The molecule has 0 saturated heterocycles. The molecule has 0 aliphatic carbocycles. The maximum Gasteiger partial charge on any atom is 0.322 e. The van der Waals surface area contributed by atoms with Gasteiger partial charge < -0.3 is 15.5 Å². The van der Waals surface area contributed by atoms with E-state index in [-0.39, 0.29) is 11.5 Å². The van der Waals surface area contributed by atoms with E-state index in [1.807, 2.05) is 6.07 Å². The van der Waals surface area contributed by atoms with E-state index in [0.29, 0.717) is 12.1 Å². The lowest BCUT2D eigenvalue weighted by Crippen LogP contribution is -2.37. The summed E-state index contributed by atoms with van der Waals surface area (Å²) in [5, 5.41) is 26.7. The minimum absolute atomic E-state index is 0.0748. The number of amides is 1. The Morgan fingerprint density at radius 3 is 2.86 bits per heavy atom. The summed E-state index contributed by atoms with van der Waals surface area (Å²) in [6.07, 6.45) is 1.49. The van der Waals surface area contributed by atoms with Crippen molar-refractivity contribution in [3.63, 3.8) is 0 Å². The third kappa shape index (κ3) is 3.28. The number of nitrogens with zero attached hydrogens (tertiary/aromatic N) is 2. The Bertz CT molecular complexity index is 685. The highest BCUT2D eigenvalue weighted by molar-refractivity contribution is 9.10. The maximum absolute atomic E-state index is 12.2. The number of halogens is 1. The van der Waals surface area contributed by atoms with Gasteiger partial charge in [0.05, 0.1) is 6.54 Å². The molecule has 22 heavy (non-hydrogen) atoms. The van der Waals surface area contributed by atoms with Gasteiger partial charge >= 0.3 is 5.97 Å². The molecule has 0 atom stereocenters. The number of hydrogen-bond donors (Lipinski definition) is 3. The van der Waals surface area contributed by atoms with Gasteiger partial charge in [-0.2, -0.15) is 5.10 Å². The number of carbonyl (C=O) groups excluding carboxylic acids is 1. The predicted octanol–water partition coefficient (Wildman–Crippen LogP) is 1.70. The molecule has 3 N–H and O–H groups in total. The van der Waals surface area contributed by atoms with E-state index in [1.54, 1.807) is 19.1 Å². The molecule has 2 rings (SSSR count). The monoisotopic (exact) mass is 367 g/mol. The highest BCUT2D eigenvalue weighted by Gasteiger charge is 2.29. The average molecular weight is 368 g/mol. The molecule has 1 aromatic rings. The molecule has 0 spiro atoms. The van der Waals surface area contributed by atoms with Crippen LogP contribution in [0.15, 0.2) is 33.5 Å². The molecule has 1 aliphatic rings. The summed E-state index contributed by atoms with van der Waals surface area (Å²) in [5.74, 6) is -2.10. The number of fused-ring (bicyclic) bond motifs is 1. The molecule has 116 valence electrons. The number of aliphatic hydroxyl groups excluding tert-OH is 1. The van der Waals surface area contributed by atoms with Gasteiger partial charge in [-0.25, -0.2) is 0 Å². The van der Waals surface area contributed by atoms with E-state index in [9.17, 15) is 14.7 Å². The van der Waals surface area contributed by atoms with Crippen molar-refractivity contribution in [2.75, 3.05) is 6.54 Å². The number of rotatable bonds is 4. The van der Waals surface area contributed by atoms with Crippen molar-refractivity contribution < 1.29 is 19.8 Å². The Balaban J connectivity index is 2.45. The molecule has 0 fully saturated rings. The fraction of sp³-hybridized carbons (Fsp3) is 0.214. The van der Waals surface area contributed by atoms with E-state index in [4.69, 9.17) is 5.11 Å². The first-order valence-corrected chi connectivity index (χ1v) is 7.21. The lowest BCUT2D eigenvalue weighted by molar-refractivity contribution is -0.137. The zero-order valence-corrected chi connectivity index (χ0v) is 13.3. The molecular weight excluding hydrogens is 354 g/mol. The number of carboxylic acid groups (broad SMARTS) is 1. The van der Waals surface area contributed by atoms with Gasteiger partial charge in [-0.05, 0) is 30.7 Å². The van der Waals surface area contributed by atoms with Crippen molar-refractivity contribution in [1.82, 2.24) is 10.3 Å². The van der Waals surface area contributed by atoms with Crippen LogP contribution in [0.5, 0.6) is 0 Å². The van der Waals surface area contributed by atoms with Crippen LogP contribution in [0, 0.1) is 0 Å². The fourth-order valence-electron chi connectivity index (χ4n) is 2.12. The Kier molecular flexibility index (Phi) is 4.81. The summed E-state index contributed by atoms with van der Waals surface area (Å²) in [6, 6.07) is 5.27. The maximum atomic E-state index is 12.2. The van der Waals surface area contributed by atoms with E-state index >= 15 is 0 Å². The molecule has 0 saturated carbocycles. The van der Waals surface area contributed by atoms with Crippen LogP contribution in [0.4, 0.5) is 0 Å². The first-order valence-electron chi connectivity index (χ1n) is 6.42. The Labute approximate surface area is 135 Å². The van der Waals surface area contributed by atoms with Gasteiger partial charge in [-0.3, -0.25) is 14.6 Å². The lowest BCUT2D eigenvalue weighted by Gasteiger charge is -2.28. The highest BCUT2D eigenvalue weighted by Crippen LogP contribution is 2.32. The van der Waals surface area contributed by atoms with Crippen molar-refractivity contribution in [3.05, 3.63) is 39.5 Å². The van der Waals surface area contributed by atoms with Gasteiger partial charge in [-0.1, -0.05) is 15.9 Å². The molecular formula is C14H14BrN3O4. The summed E-state index contributed by atoms with van der Waals surface area (Å²) in [4.78, 5) is 22.7. The average Bonchev–Trinajstić information content (AvgIpc) is 2.45. The second-order valence-corrected chi connectivity index (χ2v) is 5.42. The van der Waals surface area contributed by atoms with Crippen LogP contribution in [0.1, 0.15) is 18.1 Å². The molecule has 0 aromatic heterocycles. The number of carbonyl (C=O) groups is 2. The molecule has 1 aliphatic heterocycles. The molecule has 1 heterocycles. The van der Waals surface area contributed by atoms with Crippen LogP contribution in [-0.2, 0) is 16.1 Å². The zero-order valence-electron chi connectivity index (χ0n) is 11.7. The third-order valence-electron chi connectivity index (χ3n) is 3.00.